The number of ether oxygens (including phenoxy) is 2. The summed E-state index contributed by atoms with van der Waals surface area (Å²) in [4.78, 5) is 15.9. The van der Waals surface area contributed by atoms with E-state index in [2.05, 4.69) is 20.4 Å². The summed E-state index contributed by atoms with van der Waals surface area (Å²) in [6.45, 7) is 4.90. The fraction of sp³-hybridized carbons (Fsp3) is 0.500. The Morgan fingerprint density at radius 1 is 1.17 bits per heavy atom. The van der Waals surface area contributed by atoms with Crippen molar-refractivity contribution in [3.8, 4) is 0 Å². The molecule has 0 spiro atoms. The molecule has 0 fully saturated rings. The molecule has 0 saturated heterocycles. The Morgan fingerprint density at radius 2 is 1.87 bits per heavy atom. The maximum absolute atomic E-state index is 11.4. The number of halogens is 1. The van der Waals surface area contributed by atoms with E-state index in [4.69, 9.17) is 4.74 Å². The van der Waals surface area contributed by atoms with Crippen LogP contribution < -0.4 is 10.6 Å². The average molecular weight is 435 g/mol. The second-order valence-electron chi connectivity index (χ2n) is 4.66. The summed E-state index contributed by atoms with van der Waals surface area (Å²) in [7, 11) is 3.07. The maximum atomic E-state index is 11.4. The number of aliphatic imine (C=N–C) groups is 1. The standard InChI is InChI=1S/C16H25N3O3.HI/c1-4-17-16(18-10-5-11-21-2)19-12-13-6-8-14(9-7-13)15(20)22-3;/h6-9H,4-5,10-12H2,1-3H3,(H2,17,18,19);1H. The molecule has 1 rings (SSSR count). The van der Waals surface area contributed by atoms with Gasteiger partial charge in [0.15, 0.2) is 5.96 Å². The van der Waals surface area contributed by atoms with Gasteiger partial charge in [0.25, 0.3) is 0 Å². The normalized spacial score (nSPS) is 10.7. The first-order valence-electron chi connectivity index (χ1n) is 7.39. The number of methoxy groups -OCH3 is 2. The number of benzene rings is 1. The number of nitrogens with zero attached hydrogens (tertiary/aromatic N) is 1. The Kier molecular flexibility index (Phi) is 12.4. The van der Waals surface area contributed by atoms with E-state index in [1.54, 1.807) is 19.2 Å². The van der Waals surface area contributed by atoms with Gasteiger partial charge in [-0.15, -0.1) is 24.0 Å². The summed E-state index contributed by atoms with van der Waals surface area (Å²) in [5.41, 5.74) is 1.57. The van der Waals surface area contributed by atoms with Gasteiger partial charge in [0.1, 0.15) is 0 Å². The minimum atomic E-state index is -0.330. The number of carbonyl (C=O) groups excluding carboxylic acids is 1. The highest BCUT2D eigenvalue weighted by atomic mass is 127. The first kappa shape index (κ1) is 21.6. The molecule has 23 heavy (non-hydrogen) atoms. The summed E-state index contributed by atoms with van der Waals surface area (Å²) in [6.07, 6.45) is 0.925. The van der Waals surface area contributed by atoms with E-state index in [0.29, 0.717) is 12.1 Å². The highest BCUT2D eigenvalue weighted by Gasteiger charge is 2.04. The topological polar surface area (TPSA) is 72.0 Å². The Hall–Kier alpha value is -1.35. The third-order valence-electron chi connectivity index (χ3n) is 2.96. The fourth-order valence-corrected chi connectivity index (χ4v) is 1.80. The molecule has 0 aliphatic heterocycles. The van der Waals surface area contributed by atoms with E-state index in [1.165, 1.54) is 7.11 Å². The molecule has 0 amide bonds. The molecule has 0 aliphatic carbocycles. The van der Waals surface area contributed by atoms with Crippen LogP contribution >= 0.6 is 24.0 Å². The minimum absolute atomic E-state index is 0. The maximum Gasteiger partial charge on any atom is 0.337 e. The zero-order valence-corrected chi connectivity index (χ0v) is 16.3. The molecule has 2 N–H and O–H groups in total. The van der Waals surface area contributed by atoms with Crippen molar-refractivity contribution in [3.05, 3.63) is 35.4 Å². The van der Waals surface area contributed by atoms with E-state index in [-0.39, 0.29) is 29.9 Å². The van der Waals surface area contributed by atoms with Crippen molar-refractivity contribution in [1.82, 2.24) is 10.6 Å². The summed E-state index contributed by atoms with van der Waals surface area (Å²) in [5.74, 6) is 0.443. The molecule has 7 heteroatoms. The predicted molar refractivity (Wildman–Crippen MR) is 103 cm³/mol. The molecule has 0 bridgehead atoms. The van der Waals surface area contributed by atoms with Gasteiger partial charge in [-0.25, -0.2) is 9.79 Å². The highest BCUT2D eigenvalue weighted by Crippen LogP contribution is 2.06. The zero-order valence-electron chi connectivity index (χ0n) is 13.9. The van der Waals surface area contributed by atoms with Crippen LogP contribution in [-0.4, -0.2) is 45.8 Å². The highest BCUT2D eigenvalue weighted by molar-refractivity contribution is 14.0. The Morgan fingerprint density at radius 3 is 2.43 bits per heavy atom. The fourth-order valence-electron chi connectivity index (χ4n) is 1.80. The van der Waals surface area contributed by atoms with Gasteiger partial charge in [-0.05, 0) is 31.0 Å². The predicted octanol–water partition coefficient (Wildman–Crippen LogP) is 2.18. The van der Waals surface area contributed by atoms with Gasteiger partial charge in [0.2, 0.25) is 0 Å². The minimum Gasteiger partial charge on any atom is -0.465 e. The molecule has 0 aliphatic rings. The monoisotopic (exact) mass is 435 g/mol. The lowest BCUT2D eigenvalue weighted by Gasteiger charge is -2.11. The first-order chi connectivity index (χ1) is 10.7. The van der Waals surface area contributed by atoms with Crippen molar-refractivity contribution in [2.45, 2.75) is 19.9 Å². The van der Waals surface area contributed by atoms with Crippen LogP contribution in [0.3, 0.4) is 0 Å². The van der Waals surface area contributed by atoms with Gasteiger partial charge in [-0.2, -0.15) is 0 Å². The van der Waals surface area contributed by atoms with E-state index in [0.717, 1.165) is 37.6 Å². The molecule has 0 aromatic heterocycles. The Balaban J connectivity index is 0.00000484. The van der Waals surface area contributed by atoms with Gasteiger partial charge in [-0.1, -0.05) is 12.1 Å². The number of hydrogen-bond donors (Lipinski definition) is 2. The summed E-state index contributed by atoms with van der Waals surface area (Å²) in [6, 6.07) is 7.25. The largest absolute Gasteiger partial charge is 0.465 e. The van der Waals surface area contributed by atoms with Crippen molar-refractivity contribution >= 4 is 35.9 Å². The molecule has 0 heterocycles. The lowest BCUT2D eigenvalue weighted by Crippen LogP contribution is -2.38. The molecule has 6 nitrogen and oxygen atoms in total. The third-order valence-corrected chi connectivity index (χ3v) is 2.96. The van der Waals surface area contributed by atoms with E-state index in [1.807, 2.05) is 19.1 Å². The lowest BCUT2D eigenvalue weighted by atomic mass is 10.1. The smallest absolute Gasteiger partial charge is 0.337 e. The number of carbonyl (C=O) groups is 1. The first-order valence-corrected chi connectivity index (χ1v) is 7.39. The van der Waals surface area contributed by atoms with Crippen molar-refractivity contribution in [2.75, 3.05) is 33.9 Å². The number of guanidine groups is 1. The zero-order chi connectivity index (χ0) is 16.2. The van der Waals surface area contributed by atoms with Crippen LogP contribution in [-0.2, 0) is 16.0 Å². The lowest BCUT2D eigenvalue weighted by molar-refractivity contribution is 0.0600. The van der Waals surface area contributed by atoms with Crippen molar-refractivity contribution in [2.24, 2.45) is 4.99 Å². The van der Waals surface area contributed by atoms with Gasteiger partial charge in [0, 0.05) is 26.8 Å². The second kappa shape index (κ2) is 13.1. The van der Waals surface area contributed by atoms with Crippen LogP contribution in [0.5, 0.6) is 0 Å². The summed E-state index contributed by atoms with van der Waals surface area (Å²) < 4.78 is 9.69. The summed E-state index contributed by atoms with van der Waals surface area (Å²) >= 11 is 0. The van der Waals surface area contributed by atoms with Gasteiger partial charge in [-0.3, -0.25) is 0 Å². The Bertz CT molecular complexity index is 478. The quantitative estimate of drug-likeness (QED) is 0.215. The van der Waals surface area contributed by atoms with Crippen LogP contribution in [0.2, 0.25) is 0 Å². The van der Waals surface area contributed by atoms with Crippen LogP contribution in [0.1, 0.15) is 29.3 Å². The van der Waals surface area contributed by atoms with Crippen LogP contribution in [0.25, 0.3) is 0 Å². The molecule has 0 radical (unpaired) electrons. The third kappa shape index (κ3) is 8.75. The van der Waals surface area contributed by atoms with Crippen LogP contribution in [0.4, 0.5) is 0 Å². The second-order valence-corrected chi connectivity index (χ2v) is 4.66. The molecule has 1 aromatic carbocycles. The van der Waals surface area contributed by atoms with Gasteiger partial charge >= 0.3 is 5.97 Å². The van der Waals surface area contributed by atoms with E-state index < -0.39 is 0 Å². The molecule has 130 valence electrons. The molecule has 0 saturated carbocycles. The SMILES string of the molecule is CCNC(=NCc1ccc(C(=O)OC)cc1)NCCCOC.I. The van der Waals surface area contributed by atoms with Crippen molar-refractivity contribution in [1.29, 1.82) is 0 Å². The Labute approximate surface area is 155 Å². The van der Waals surface area contributed by atoms with Gasteiger partial charge < -0.3 is 20.1 Å². The molecular formula is C16H26IN3O3. The summed E-state index contributed by atoms with van der Waals surface area (Å²) in [5, 5.41) is 6.44. The number of nitrogens with one attached hydrogen (secondary N) is 2. The number of esters is 1. The molecule has 1 aromatic rings. The molecule has 0 unspecified atom stereocenters. The number of rotatable bonds is 8. The van der Waals surface area contributed by atoms with Crippen molar-refractivity contribution < 1.29 is 14.3 Å². The van der Waals surface area contributed by atoms with E-state index >= 15 is 0 Å². The van der Waals surface area contributed by atoms with E-state index in [9.17, 15) is 4.79 Å². The molecule has 0 atom stereocenters. The molecular weight excluding hydrogens is 409 g/mol. The van der Waals surface area contributed by atoms with Crippen LogP contribution in [0.15, 0.2) is 29.3 Å². The van der Waals surface area contributed by atoms with Crippen molar-refractivity contribution in [3.63, 3.8) is 0 Å². The van der Waals surface area contributed by atoms with Crippen LogP contribution in [0, 0.1) is 0 Å². The average Bonchev–Trinajstić information content (AvgIpc) is 2.56. The van der Waals surface area contributed by atoms with Gasteiger partial charge in [0.05, 0.1) is 19.2 Å². The number of hydrogen-bond acceptors (Lipinski definition) is 4.